The van der Waals surface area contributed by atoms with E-state index in [2.05, 4.69) is 5.10 Å². The number of hydroxylamine groups is 2. The van der Waals surface area contributed by atoms with Gasteiger partial charge in [0.25, 0.3) is 11.8 Å². The Labute approximate surface area is 149 Å². The minimum atomic E-state index is -0.896. The third-order valence-corrected chi connectivity index (χ3v) is 4.12. The molecule has 2 amide bonds. The van der Waals surface area contributed by atoms with Crippen molar-refractivity contribution in [2.45, 2.75) is 27.3 Å². The van der Waals surface area contributed by atoms with E-state index in [1.54, 1.807) is 19.1 Å². The first kappa shape index (κ1) is 17.2. The summed E-state index contributed by atoms with van der Waals surface area (Å²) in [7, 11) is 0. The molecule has 0 bridgehead atoms. The molecule has 0 fully saturated rings. The van der Waals surface area contributed by atoms with E-state index >= 15 is 0 Å². The molecule has 0 N–H and O–H groups in total. The highest BCUT2D eigenvalue weighted by atomic mass is 35.5. The lowest BCUT2D eigenvalue weighted by Crippen LogP contribution is -2.32. The zero-order valence-electron chi connectivity index (χ0n) is 13.9. The molecule has 2 heterocycles. The van der Waals surface area contributed by atoms with Crippen LogP contribution in [-0.2, 0) is 11.4 Å². The Hall–Kier alpha value is -2.67. The van der Waals surface area contributed by atoms with Gasteiger partial charge in [-0.25, -0.2) is 4.79 Å². The molecule has 2 aromatic rings. The number of hydrogen-bond acceptors (Lipinski definition) is 5. The third kappa shape index (κ3) is 2.91. The SMILES string of the molecule is Cc1nn(CC(C)C)c(Cl)c1C(=O)ON1C(=O)c2ccccc2C1=O. The van der Waals surface area contributed by atoms with E-state index in [4.69, 9.17) is 16.4 Å². The third-order valence-electron chi connectivity index (χ3n) is 3.74. The second-order valence-corrected chi connectivity index (χ2v) is 6.51. The summed E-state index contributed by atoms with van der Waals surface area (Å²) in [5.74, 6) is -1.99. The average molecular weight is 362 g/mol. The van der Waals surface area contributed by atoms with Crippen LogP contribution in [0.5, 0.6) is 0 Å². The highest BCUT2D eigenvalue weighted by Crippen LogP contribution is 2.26. The fourth-order valence-electron chi connectivity index (χ4n) is 2.63. The number of benzene rings is 1. The fraction of sp³-hybridized carbons (Fsp3) is 0.294. The lowest BCUT2D eigenvalue weighted by Gasteiger charge is -2.12. The van der Waals surface area contributed by atoms with Gasteiger partial charge in [0.2, 0.25) is 0 Å². The van der Waals surface area contributed by atoms with Crippen LogP contribution in [0.25, 0.3) is 0 Å². The van der Waals surface area contributed by atoms with Gasteiger partial charge in [0.1, 0.15) is 10.7 Å². The molecule has 0 radical (unpaired) electrons. The molecule has 130 valence electrons. The summed E-state index contributed by atoms with van der Waals surface area (Å²) in [6, 6.07) is 6.27. The van der Waals surface area contributed by atoms with Gasteiger partial charge >= 0.3 is 5.97 Å². The Kier molecular flexibility index (Phi) is 4.34. The van der Waals surface area contributed by atoms with Crippen molar-refractivity contribution in [3.63, 3.8) is 0 Å². The molecule has 0 spiro atoms. The summed E-state index contributed by atoms with van der Waals surface area (Å²) in [5, 5.41) is 4.80. The van der Waals surface area contributed by atoms with E-state index in [9.17, 15) is 14.4 Å². The highest BCUT2D eigenvalue weighted by molar-refractivity contribution is 6.33. The molecule has 0 saturated heterocycles. The number of carbonyl (C=O) groups excluding carboxylic acids is 3. The summed E-state index contributed by atoms with van der Waals surface area (Å²) in [6.45, 7) is 6.12. The van der Waals surface area contributed by atoms with Crippen molar-refractivity contribution >= 4 is 29.4 Å². The van der Waals surface area contributed by atoms with Crippen molar-refractivity contribution in [1.29, 1.82) is 0 Å². The summed E-state index contributed by atoms with van der Waals surface area (Å²) < 4.78 is 1.50. The van der Waals surface area contributed by atoms with Gasteiger partial charge in [-0.1, -0.05) is 42.6 Å². The maximum absolute atomic E-state index is 12.5. The van der Waals surface area contributed by atoms with Crippen LogP contribution in [0.4, 0.5) is 0 Å². The fourth-order valence-corrected chi connectivity index (χ4v) is 2.95. The average Bonchev–Trinajstić information content (AvgIpc) is 2.96. The molecule has 0 unspecified atom stereocenters. The molecule has 1 aliphatic rings. The van der Waals surface area contributed by atoms with Gasteiger partial charge in [-0.05, 0) is 25.0 Å². The lowest BCUT2D eigenvalue weighted by atomic mass is 10.1. The summed E-state index contributed by atoms with van der Waals surface area (Å²) in [4.78, 5) is 42.1. The van der Waals surface area contributed by atoms with Crippen LogP contribution in [0, 0.1) is 12.8 Å². The number of aryl methyl sites for hydroxylation is 1. The predicted octanol–water partition coefficient (Wildman–Crippen LogP) is 2.87. The van der Waals surface area contributed by atoms with Crippen molar-refractivity contribution in [2.24, 2.45) is 5.92 Å². The minimum Gasteiger partial charge on any atom is -0.324 e. The van der Waals surface area contributed by atoms with Crippen molar-refractivity contribution in [3.05, 3.63) is 51.8 Å². The normalized spacial score (nSPS) is 13.6. The van der Waals surface area contributed by atoms with Crippen molar-refractivity contribution in [2.75, 3.05) is 0 Å². The minimum absolute atomic E-state index is 0.0406. The second-order valence-electron chi connectivity index (χ2n) is 6.16. The Morgan fingerprint density at radius 3 is 2.28 bits per heavy atom. The molecule has 0 saturated carbocycles. The Morgan fingerprint density at radius 2 is 1.76 bits per heavy atom. The van der Waals surface area contributed by atoms with Crippen LogP contribution in [0.3, 0.4) is 0 Å². The van der Waals surface area contributed by atoms with Gasteiger partial charge in [0, 0.05) is 6.54 Å². The molecular formula is C17H16ClN3O4. The second kappa shape index (κ2) is 6.33. The van der Waals surface area contributed by atoms with E-state index in [0.717, 1.165) is 0 Å². The van der Waals surface area contributed by atoms with E-state index in [0.29, 0.717) is 17.3 Å². The maximum Gasteiger partial charge on any atom is 0.368 e. The molecule has 8 heteroatoms. The molecule has 0 atom stereocenters. The number of imide groups is 1. The van der Waals surface area contributed by atoms with Gasteiger partial charge in [-0.3, -0.25) is 14.3 Å². The van der Waals surface area contributed by atoms with Crippen LogP contribution in [-0.4, -0.2) is 32.6 Å². The van der Waals surface area contributed by atoms with Crippen molar-refractivity contribution in [1.82, 2.24) is 14.8 Å². The molecule has 3 rings (SSSR count). The monoisotopic (exact) mass is 361 g/mol. The topological polar surface area (TPSA) is 81.5 Å². The first-order valence-corrected chi connectivity index (χ1v) is 8.12. The molecule has 1 aromatic heterocycles. The quantitative estimate of drug-likeness (QED) is 0.782. The van der Waals surface area contributed by atoms with Gasteiger partial charge in [0.15, 0.2) is 0 Å². The molecular weight excluding hydrogens is 346 g/mol. The number of carbonyl (C=O) groups is 3. The molecule has 7 nitrogen and oxygen atoms in total. The Morgan fingerprint density at radius 1 is 1.20 bits per heavy atom. The largest absolute Gasteiger partial charge is 0.368 e. The Balaban J connectivity index is 1.86. The van der Waals surface area contributed by atoms with E-state index < -0.39 is 17.8 Å². The number of aromatic nitrogens is 2. The summed E-state index contributed by atoms with van der Waals surface area (Å²) in [6.07, 6.45) is 0. The zero-order valence-corrected chi connectivity index (χ0v) is 14.7. The maximum atomic E-state index is 12.5. The summed E-state index contributed by atoms with van der Waals surface area (Å²) >= 11 is 6.23. The molecule has 1 aromatic carbocycles. The van der Waals surface area contributed by atoms with Gasteiger partial charge in [0.05, 0.1) is 16.8 Å². The van der Waals surface area contributed by atoms with Crippen LogP contribution in [0.15, 0.2) is 24.3 Å². The number of rotatable bonds is 4. The molecule has 1 aliphatic heterocycles. The zero-order chi connectivity index (χ0) is 18.3. The van der Waals surface area contributed by atoms with Gasteiger partial charge in [-0.2, -0.15) is 5.10 Å². The highest BCUT2D eigenvalue weighted by Gasteiger charge is 2.39. The predicted molar refractivity (Wildman–Crippen MR) is 89.2 cm³/mol. The van der Waals surface area contributed by atoms with Gasteiger partial charge in [-0.15, -0.1) is 0 Å². The van der Waals surface area contributed by atoms with E-state index in [1.165, 1.54) is 16.8 Å². The van der Waals surface area contributed by atoms with Crippen LogP contribution < -0.4 is 0 Å². The molecule has 25 heavy (non-hydrogen) atoms. The first-order valence-electron chi connectivity index (χ1n) is 7.74. The number of hydrogen-bond donors (Lipinski definition) is 0. The number of halogens is 1. The Bertz CT molecular complexity index is 853. The lowest BCUT2D eigenvalue weighted by molar-refractivity contribution is -0.0585. The van der Waals surface area contributed by atoms with Crippen molar-refractivity contribution < 1.29 is 19.2 Å². The smallest absolute Gasteiger partial charge is 0.324 e. The summed E-state index contributed by atoms with van der Waals surface area (Å²) in [5.41, 5.74) is 0.795. The molecule has 0 aliphatic carbocycles. The number of fused-ring (bicyclic) bond motifs is 1. The number of amides is 2. The van der Waals surface area contributed by atoms with Gasteiger partial charge < -0.3 is 4.84 Å². The van der Waals surface area contributed by atoms with Crippen molar-refractivity contribution in [3.8, 4) is 0 Å². The van der Waals surface area contributed by atoms with Crippen LogP contribution >= 0.6 is 11.6 Å². The number of nitrogens with zero attached hydrogens (tertiary/aromatic N) is 3. The van der Waals surface area contributed by atoms with E-state index in [-0.39, 0.29) is 27.8 Å². The van der Waals surface area contributed by atoms with Crippen LogP contribution in [0.2, 0.25) is 5.15 Å². The first-order chi connectivity index (χ1) is 11.8. The van der Waals surface area contributed by atoms with Crippen LogP contribution in [0.1, 0.15) is 50.6 Å². The standard InChI is InChI=1S/C17H16ClN3O4/c1-9(2)8-20-14(18)13(10(3)19-20)17(24)25-21-15(22)11-6-4-5-7-12(11)16(21)23/h4-7,9H,8H2,1-3H3. The van der Waals surface area contributed by atoms with E-state index in [1.807, 2.05) is 13.8 Å².